The second kappa shape index (κ2) is 20.2. The third-order valence-electron chi connectivity index (χ3n) is 5.38. The SMILES string of the molecule is CCCCCCCCCCC(CCCCCCCC)COC(N)CC. The summed E-state index contributed by atoms with van der Waals surface area (Å²) in [4.78, 5) is 0. The van der Waals surface area contributed by atoms with Gasteiger partial charge in [0.25, 0.3) is 0 Å². The van der Waals surface area contributed by atoms with E-state index in [0.29, 0.717) is 0 Å². The van der Waals surface area contributed by atoms with Crippen LogP contribution in [0.5, 0.6) is 0 Å². The maximum Gasteiger partial charge on any atom is 0.105 e. The van der Waals surface area contributed by atoms with Gasteiger partial charge in [-0.15, -0.1) is 0 Å². The van der Waals surface area contributed by atoms with Crippen LogP contribution in [0.25, 0.3) is 0 Å². The molecular weight excluding hydrogens is 306 g/mol. The number of rotatable bonds is 20. The van der Waals surface area contributed by atoms with Crippen LogP contribution in [0.1, 0.15) is 130 Å². The number of hydrogen-bond donors (Lipinski definition) is 1. The Labute approximate surface area is 159 Å². The normalized spacial score (nSPS) is 13.9. The number of unbranched alkanes of at least 4 members (excludes halogenated alkanes) is 12. The molecule has 0 heterocycles. The lowest BCUT2D eigenvalue weighted by molar-refractivity contribution is 0.0258. The fourth-order valence-electron chi connectivity index (χ4n) is 3.47. The van der Waals surface area contributed by atoms with Crippen molar-refractivity contribution < 1.29 is 4.74 Å². The summed E-state index contributed by atoms with van der Waals surface area (Å²) in [5.41, 5.74) is 5.94. The molecule has 0 amide bonds. The van der Waals surface area contributed by atoms with E-state index in [0.717, 1.165) is 18.9 Å². The van der Waals surface area contributed by atoms with E-state index in [4.69, 9.17) is 10.5 Å². The molecular formula is C23H49NO. The van der Waals surface area contributed by atoms with Crippen LogP contribution < -0.4 is 5.73 Å². The van der Waals surface area contributed by atoms with Crippen LogP contribution in [0.3, 0.4) is 0 Å². The summed E-state index contributed by atoms with van der Waals surface area (Å²) in [5.74, 6) is 0.726. The Hall–Kier alpha value is -0.0800. The van der Waals surface area contributed by atoms with E-state index in [1.807, 2.05) is 0 Å². The van der Waals surface area contributed by atoms with Gasteiger partial charge in [-0.1, -0.05) is 111 Å². The second-order valence-electron chi connectivity index (χ2n) is 7.97. The van der Waals surface area contributed by atoms with E-state index >= 15 is 0 Å². The summed E-state index contributed by atoms with van der Waals surface area (Å²) in [6.07, 6.45) is 23.1. The van der Waals surface area contributed by atoms with Crippen molar-refractivity contribution in [2.75, 3.05) is 6.61 Å². The maximum atomic E-state index is 5.94. The van der Waals surface area contributed by atoms with Gasteiger partial charge in [-0.3, -0.25) is 0 Å². The highest BCUT2D eigenvalue weighted by atomic mass is 16.5. The fourth-order valence-corrected chi connectivity index (χ4v) is 3.47. The van der Waals surface area contributed by atoms with Crippen LogP contribution in [-0.2, 0) is 4.74 Å². The van der Waals surface area contributed by atoms with Gasteiger partial charge in [0, 0.05) is 0 Å². The van der Waals surface area contributed by atoms with Gasteiger partial charge < -0.3 is 10.5 Å². The number of hydrogen-bond acceptors (Lipinski definition) is 2. The molecule has 0 radical (unpaired) electrons. The highest BCUT2D eigenvalue weighted by Crippen LogP contribution is 2.20. The molecule has 25 heavy (non-hydrogen) atoms. The monoisotopic (exact) mass is 355 g/mol. The fraction of sp³-hybridized carbons (Fsp3) is 1.00. The molecule has 0 rings (SSSR count). The molecule has 0 saturated carbocycles. The van der Waals surface area contributed by atoms with E-state index in [1.54, 1.807) is 0 Å². The van der Waals surface area contributed by atoms with Gasteiger partial charge in [-0.25, -0.2) is 0 Å². The van der Waals surface area contributed by atoms with Crippen molar-refractivity contribution in [1.82, 2.24) is 0 Å². The highest BCUT2D eigenvalue weighted by molar-refractivity contribution is 4.61. The first-order chi connectivity index (χ1) is 12.2. The van der Waals surface area contributed by atoms with Gasteiger partial charge in [0.2, 0.25) is 0 Å². The Balaban J connectivity index is 3.77. The zero-order chi connectivity index (χ0) is 18.6. The molecule has 0 aromatic rings. The zero-order valence-electron chi connectivity index (χ0n) is 17.9. The topological polar surface area (TPSA) is 35.2 Å². The summed E-state index contributed by atoms with van der Waals surface area (Å²) in [7, 11) is 0. The smallest absolute Gasteiger partial charge is 0.105 e. The molecule has 2 nitrogen and oxygen atoms in total. The lowest BCUT2D eigenvalue weighted by Gasteiger charge is -2.19. The Morgan fingerprint density at radius 3 is 1.40 bits per heavy atom. The number of nitrogens with two attached hydrogens (primary N) is 1. The third-order valence-corrected chi connectivity index (χ3v) is 5.38. The maximum absolute atomic E-state index is 5.94. The van der Waals surface area contributed by atoms with Crippen LogP contribution in [-0.4, -0.2) is 12.8 Å². The highest BCUT2D eigenvalue weighted by Gasteiger charge is 2.11. The average Bonchev–Trinajstić information content (AvgIpc) is 2.63. The van der Waals surface area contributed by atoms with Crippen LogP contribution in [0.4, 0.5) is 0 Å². The molecule has 0 aliphatic carbocycles. The van der Waals surface area contributed by atoms with Gasteiger partial charge in [0.1, 0.15) is 6.23 Å². The van der Waals surface area contributed by atoms with E-state index in [1.165, 1.54) is 103 Å². The van der Waals surface area contributed by atoms with Crippen molar-refractivity contribution in [2.45, 2.75) is 136 Å². The van der Waals surface area contributed by atoms with E-state index < -0.39 is 0 Å². The molecule has 0 fully saturated rings. The molecule has 2 heteroatoms. The molecule has 0 aliphatic heterocycles. The summed E-state index contributed by atoms with van der Waals surface area (Å²) in [6, 6.07) is 0. The minimum Gasteiger partial charge on any atom is -0.363 e. The molecule has 0 aromatic heterocycles. The van der Waals surface area contributed by atoms with Crippen molar-refractivity contribution in [3.8, 4) is 0 Å². The molecule has 0 saturated heterocycles. The third kappa shape index (κ3) is 18.5. The first-order valence-corrected chi connectivity index (χ1v) is 11.6. The second-order valence-corrected chi connectivity index (χ2v) is 7.97. The molecule has 0 spiro atoms. The van der Waals surface area contributed by atoms with Crippen LogP contribution in [0.15, 0.2) is 0 Å². The van der Waals surface area contributed by atoms with E-state index in [2.05, 4.69) is 20.8 Å². The molecule has 2 unspecified atom stereocenters. The predicted octanol–water partition coefficient (Wildman–Crippen LogP) is 7.60. The quantitative estimate of drug-likeness (QED) is 0.180. The van der Waals surface area contributed by atoms with Crippen LogP contribution in [0.2, 0.25) is 0 Å². The summed E-state index contributed by atoms with van der Waals surface area (Å²) in [6.45, 7) is 7.55. The van der Waals surface area contributed by atoms with Crippen molar-refractivity contribution in [1.29, 1.82) is 0 Å². The predicted molar refractivity (Wildman–Crippen MR) is 113 cm³/mol. The van der Waals surface area contributed by atoms with Gasteiger partial charge in [-0.2, -0.15) is 0 Å². The molecule has 0 bridgehead atoms. The lowest BCUT2D eigenvalue weighted by Crippen LogP contribution is -2.25. The van der Waals surface area contributed by atoms with Gasteiger partial charge in [0.05, 0.1) is 6.61 Å². The van der Waals surface area contributed by atoms with Gasteiger partial charge in [0.15, 0.2) is 0 Å². The standard InChI is InChI=1S/C23H49NO/c1-4-7-9-11-13-14-16-18-20-22(21-25-23(24)6-3)19-17-15-12-10-8-5-2/h22-23H,4-21,24H2,1-3H3. The van der Waals surface area contributed by atoms with Crippen molar-refractivity contribution in [3.63, 3.8) is 0 Å². The average molecular weight is 356 g/mol. The Morgan fingerprint density at radius 2 is 1.00 bits per heavy atom. The number of ether oxygens (including phenoxy) is 1. The molecule has 2 N–H and O–H groups in total. The Bertz CT molecular complexity index is 244. The summed E-state index contributed by atoms with van der Waals surface area (Å²) in [5, 5.41) is 0. The minimum atomic E-state index is -0.0642. The largest absolute Gasteiger partial charge is 0.363 e. The Morgan fingerprint density at radius 1 is 0.600 bits per heavy atom. The first kappa shape index (κ1) is 24.9. The Kier molecular flexibility index (Phi) is 20.2. The zero-order valence-corrected chi connectivity index (χ0v) is 17.9. The summed E-state index contributed by atoms with van der Waals surface area (Å²) >= 11 is 0. The van der Waals surface area contributed by atoms with E-state index in [9.17, 15) is 0 Å². The lowest BCUT2D eigenvalue weighted by atomic mass is 9.94. The van der Waals surface area contributed by atoms with Crippen molar-refractivity contribution in [2.24, 2.45) is 11.7 Å². The molecule has 2 atom stereocenters. The minimum absolute atomic E-state index is 0.0642. The van der Waals surface area contributed by atoms with Crippen LogP contribution in [0, 0.1) is 5.92 Å². The van der Waals surface area contributed by atoms with Crippen LogP contribution >= 0.6 is 0 Å². The first-order valence-electron chi connectivity index (χ1n) is 11.6. The van der Waals surface area contributed by atoms with Crippen molar-refractivity contribution in [3.05, 3.63) is 0 Å². The molecule has 152 valence electrons. The van der Waals surface area contributed by atoms with Crippen molar-refractivity contribution >= 4 is 0 Å². The molecule has 0 aliphatic rings. The molecule has 0 aromatic carbocycles. The van der Waals surface area contributed by atoms with Gasteiger partial charge >= 0.3 is 0 Å². The summed E-state index contributed by atoms with van der Waals surface area (Å²) < 4.78 is 5.85. The van der Waals surface area contributed by atoms with E-state index in [-0.39, 0.29) is 6.23 Å². The van der Waals surface area contributed by atoms with Gasteiger partial charge in [-0.05, 0) is 25.2 Å².